The van der Waals surface area contributed by atoms with Gasteiger partial charge in [-0.15, -0.1) is 0 Å². The molecule has 0 unspecified atom stereocenters. The molecule has 1 aromatic heterocycles. The highest BCUT2D eigenvalue weighted by Gasteiger charge is 2.35. The van der Waals surface area contributed by atoms with Crippen LogP contribution < -0.4 is 29.3 Å². The summed E-state index contributed by atoms with van der Waals surface area (Å²) in [6, 6.07) is 9.36. The number of non-ortho nitro benzene ring substituents is 1. The van der Waals surface area contributed by atoms with Crippen LogP contribution in [0.15, 0.2) is 57.5 Å². The molecule has 11 nitrogen and oxygen atoms in total. The van der Waals surface area contributed by atoms with Crippen molar-refractivity contribution in [1.29, 1.82) is 0 Å². The molecule has 230 valence electrons. The molecule has 44 heavy (non-hydrogen) atoms. The second kappa shape index (κ2) is 12.3. The summed E-state index contributed by atoms with van der Waals surface area (Å²) >= 11 is 1.21. The van der Waals surface area contributed by atoms with Crippen LogP contribution in [0.5, 0.6) is 11.5 Å². The average molecular weight is 619 g/mol. The SMILES string of the molecule is CCCC1=C(C(=O)OCC)[C@@H](c2ccc3c(c2)OCO3)n2c(s/c(=C/c3cc([N+](=O)[O-])ccc3N3CCC(C)CC3)c2=O)=N1. The molecule has 3 aromatic rings. The Balaban J connectivity index is 1.55. The predicted molar refractivity (Wildman–Crippen MR) is 166 cm³/mol. The van der Waals surface area contributed by atoms with Crippen molar-refractivity contribution in [1.82, 2.24) is 4.57 Å². The molecular weight excluding hydrogens is 584 g/mol. The maximum Gasteiger partial charge on any atom is 0.338 e. The van der Waals surface area contributed by atoms with Gasteiger partial charge in [-0.3, -0.25) is 19.5 Å². The van der Waals surface area contributed by atoms with E-state index < -0.39 is 16.9 Å². The number of esters is 1. The lowest BCUT2D eigenvalue weighted by Gasteiger charge is -2.33. The standard InChI is InChI=1S/C32H34N4O7S/c1-4-6-23-28(31(38)41-5-2)29(20-7-10-25-26(16-20)43-18-42-25)35-30(37)27(44-32(35)33-23)17-21-15-22(36(39)40)8-9-24(21)34-13-11-19(3)12-14-34/h7-10,15-17,19,29H,4-6,11-14,18H2,1-3H3/b27-17+/t29-/m1/s1. The van der Waals surface area contributed by atoms with E-state index in [9.17, 15) is 19.7 Å². The maximum absolute atomic E-state index is 14.3. The zero-order valence-electron chi connectivity index (χ0n) is 24.9. The van der Waals surface area contributed by atoms with E-state index in [1.807, 2.05) is 13.0 Å². The van der Waals surface area contributed by atoms with E-state index in [1.165, 1.54) is 28.0 Å². The smallest absolute Gasteiger partial charge is 0.338 e. The van der Waals surface area contributed by atoms with Crippen LogP contribution in [0.1, 0.15) is 63.6 Å². The Labute approximate surface area is 257 Å². The van der Waals surface area contributed by atoms with E-state index in [-0.39, 0.29) is 24.6 Å². The molecule has 3 aliphatic rings. The number of ether oxygens (including phenoxy) is 3. The Morgan fingerprint density at radius 3 is 2.66 bits per heavy atom. The molecule has 1 fully saturated rings. The summed E-state index contributed by atoms with van der Waals surface area (Å²) < 4.78 is 18.5. The number of hydrogen-bond donors (Lipinski definition) is 0. The first kappa shape index (κ1) is 29.6. The third kappa shape index (κ3) is 5.49. The van der Waals surface area contributed by atoms with Gasteiger partial charge in [0.15, 0.2) is 16.3 Å². The molecule has 6 rings (SSSR count). The van der Waals surface area contributed by atoms with Crippen LogP contribution >= 0.6 is 11.3 Å². The third-order valence-electron chi connectivity index (χ3n) is 8.24. The number of carbonyl (C=O) groups excluding carboxylic acids is 1. The van der Waals surface area contributed by atoms with E-state index in [1.54, 1.807) is 31.2 Å². The summed E-state index contributed by atoms with van der Waals surface area (Å²) in [5, 5.41) is 11.7. The highest BCUT2D eigenvalue weighted by Crippen LogP contribution is 2.39. The lowest BCUT2D eigenvalue weighted by atomic mass is 9.94. The lowest BCUT2D eigenvalue weighted by molar-refractivity contribution is -0.384. The number of nitro groups is 1. The molecule has 3 aliphatic heterocycles. The minimum Gasteiger partial charge on any atom is -0.463 e. The molecule has 0 bridgehead atoms. The normalized spacial score (nSPS) is 18.3. The molecule has 2 aromatic carbocycles. The number of benzene rings is 2. The third-order valence-corrected chi connectivity index (χ3v) is 9.22. The Hall–Kier alpha value is -4.45. The molecule has 0 N–H and O–H groups in total. The topological polar surface area (TPSA) is 126 Å². The minimum absolute atomic E-state index is 0.0498. The monoisotopic (exact) mass is 618 g/mol. The molecule has 1 atom stereocenters. The highest BCUT2D eigenvalue weighted by atomic mass is 32.1. The van der Waals surface area contributed by atoms with Crippen LogP contribution in [-0.4, -0.2) is 41.9 Å². The highest BCUT2D eigenvalue weighted by molar-refractivity contribution is 7.07. The second-order valence-electron chi connectivity index (χ2n) is 11.2. The number of fused-ring (bicyclic) bond motifs is 2. The Morgan fingerprint density at radius 2 is 1.93 bits per heavy atom. The lowest BCUT2D eigenvalue weighted by Crippen LogP contribution is -2.40. The quantitative estimate of drug-likeness (QED) is 0.206. The number of piperidine rings is 1. The van der Waals surface area contributed by atoms with Gasteiger partial charge in [0.2, 0.25) is 6.79 Å². The van der Waals surface area contributed by atoms with Crippen molar-refractivity contribution in [2.24, 2.45) is 10.9 Å². The van der Waals surface area contributed by atoms with E-state index in [4.69, 9.17) is 19.2 Å². The summed E-state index contributed by atoms with van der Waals surface area (Å²) in [5.41, 5.74) is 2.58. The van der Waals surface area contributed by atoms with Crippen molar-refractivity contribution in [2.45, 2.75) is 52.5 Å². The zero-order valence-corrected chi connectivity index (χ0v) is 25.7. The Bertz CT molecular complexity index is 1840. The number of carbonyl (C=O) groups is 1. The molecule has 0 saturated carbocycles. The van der Waals surface area contributed by atoms with Gasteiger partial charge in [-0.2, -0.15) is 0 Å². The number of allylic oxidation sites excluding steroid dienone is 1. The first-order valence-corrected chi connectivity index (χ1v) is 15.8. The number of nitro benzene ring substituents is 1. The summed E-state index contributed by atoms with van der Waals surface area (Å²) in [7, 11) is 0. The Kier molecular flexibility index (Phi) is 8.26. The minimum atomic E-state index is -0.809. The van der Waals surface area contributed by atoms with Crippen molar-refractivity contribution in [3.8, 4) is 11.5 Å². The number of anilines is 1. The molecule has 0 amide bonds. The first-order valence-electron chi connectivity index (χ1n) is 14.9. The number of thiazole rings is 1. The zero-order chi connectivity index (χ0) is 31.0. The maximum atomic E-state index is 14.3. The van der Waals surface area contributed by atoms with Gasteiger partial charge in [0.05, 0.1) is 33.4 Å². The number of nitrogens with zero attached hydrogens (tertiary/aromatic N) is 4. The van der Waals surface area contributed by atoms with Gasteiger partial charge in [-0.25, -0.2) is 9.79 Å². The van der Waals surface area contributed by atoms with Crippen molar-refractivity contribution < 1.29 is 23.9 Å². The van der Waals surface area contributed by atoms with Crippen molar-refractivity contribution in [3.05, 3.63) is 88.6 Å². The van der Waals surface area contributed by atoms with Crippen molar-refractivity contribution >= 4 is 34.8 Å². The van der Waals surface area contributed by atoms with Gasteiger partial charge in [-0.05, 0) is 61.9 Å². The second-order valence-corrected chi connectivity index (χ2v) is 12.2. The largest absolute Gasteiger partial charge is 0.463 e. The van der Waals surface area contributed by atoms with E-state index in [0.29, 0.717) is 55.6 Å². The van der Waals surface area contributed by atoms with Gasteiger partial charge in [0.1, 0.15) is 0 Å². The van der Waals surface area contributed by atoms with Crippen molar-refractivity contribution in [2.75, 3.05) is 31.4 Å². The molecule has 0 spiro atoms. The molecule has 4 heterocycles. The summed E-state index contributed by atoms with van der Waals surface area (Å²) in [5.74, 6) is 1.19. The fourth-order valence-corrected chi connectivity index (χ4v) is 6.98. The van der Waals surface area contributed by atoms with Crippen molar-refractivity contribution in [3.63, 3.8) is 0 Å². The van der Waals surface area contributed by atoms with E-state index in [2.05, 4.69) is 11.8 Å². The summed E-state index contributed by atoms with van der Waals surface area (Å²) in [4.78, 5) is 46.5. The van der Waals surface area contributed by atoms with Crippen LogP contribution in [0.3, 0.4) is 0 Å². The number of hydrogen-bond acceptors (Lipinski definition) is 10. The fourth-order valence-electron chi connectivity index (χ4n) is 5.97. The van der Waals surface area contributed by atoms with Gasteiger partial charge in [0.25, 0.3) is 11.2 Å². The first-order chi connectivity index (χ1) is 21.3. The molecule has 12 heteroatoms. The molecule has 1 saturated heterocycles. The molecule has 0 radical (unpaired) electrons. The van der Waals surface area contributed by atoms with Crippen LogP contribution in [-0.2, 0) is 9.53 Å². The predicted octanol–water partition coefficient (Wildman–Crippen LogP) is 4.45. The van der Waals surface area contributed by atoms with Crippen LogP contribution in [0.2, 0.25) is 0 Å². The van der Waals surface area contributed by atoms with Gasteiger partial charge in [0, 0.05) is 36.5 Å². The number of rotatable bonds is 8. The molecular formula is C32H34N4O7S. The Morgan fingerprint density at radius 1 is 1.16 bits per heavy atom. The number of aromatic nitrogens is 1. The van der Waals surface area contributed by atoms with Gasteiger partial charge < -0.3 is 19.1 Å². The molecule has 0 aliphatic carbocycles. The van der Waals surface area contributed by atoms with E-state index >= 15 is 0 Å². The summed E-state index contributed by atoms with van der Waals surface area (Å²) in [6.45, 7) is 7.88. The van der Waals surface area contributed by atoms with Crippen LogP contribution in [0.4, 0.5) is 11.4 Å². The van der Waals surface area contributed by atoms with E-state index in [0.717, 1.165) is 38.0 Å². The van der Waals surface area contributed by atoms with Gasteiger partial charge in [-0.1, -0.05) is 37.7 Å². The van der Waals surface area contributed by atoms with Crippen LogP contribution in [0.25, 0.3) is 6.08 Å². The van der Waals surface area contributed by atoms with Crippen LogP contribution in [0, 0.1) is 16.0 Å². The summed E-state index contributed by atoms with van der Waals surface area (Å²) in [6.07, 6.45) is 5.00. The fraction of sp³-hybridized carbons (Fsp3) is 0.406. The average Bonchev–Trinajstić information content (AvgIpc) is 3.60. The van der Waals surface area contributed by atoms with Gasteiger partial charge >= 0.3 is 5.97 Å².